The molecule has 35 heavy (non-hydrogen) atoms. The zero-order valence-corrected chi connectivity index (χ0v) is 20.6. The molecule has 0 heterocycles. The van der Waals surface area contributed by atoms with E-state index in [1.165, 1.54) is 51.5 Å². The summed E-state index contributed by atoms with van der Waals surface area (Å²) in [6.45, 7) is 4.70. The normalized spacial score (nSPS) is 14.9. The molecular weight excluding hydrogens is 506 g/mol. The molecule has 10 heteroatoms. The molecule has 0 saturated heterocycles. The second kappa shape index (κ2) is 11.2. The summed E-state index contributed by atoms with van der Waals surface area (Å²) in [6, 6.07) is 8.94. The molecular formula is C25H24Cl2F3NO4. The lowest BCUT2D eigenvalue weighted by Gasteiger charge is -2.37. The summed E-state index contributed by atoms with van der Waals surface area (Å²) < 4.78 is 52.1. The Morgan fingerprint density at radius 1 is 1.06 bits per heavy atom. The molecule has 0 unspecified atom stereocenters. The van der Waals surface area contributed by atoms with Gasteiger partial charge in [0.1, 0.15) is 5.76 Å². The van der Waals surface area contributed by atoms with Crippen molar-refractivity contribution in [3.63, 3.8) is 0 Å². The fourth-order valence-electron chi connectivity index (χ4n) is 3.47. The van der Waals surface area contributed by atoms with Gasteiger partial charge < -0.3 is 20.3 Å². The smallest absolute Gasteiger partial charge is 0.422 e. The zero-order chi connectivity index (χ0) is 26.6. The van der Waals surface area contributed by atoms with Gasteiger partial charge in [-0.3, -0.25) is 0 Å². The first kappa shape index (κ1) is 28.3. The number of halogens is 5. The molecule has 5 nitrogen and oxygen atoms in total. The predicted molar refractivity (Wildman–Crippen MR) is 130 cm³/mol. The molecule has 0 aliphatic heterocycles. The largest absolute Gasteiger partial charge is 0.497 e. The number of aliphatic hydroxyl groups is 1. The molecule has 0 saturated carbocycles. The number of allylic oxidation sites excluding steroid dienone is 1. The number of nitrogens with two attached hydrogens (primary N) is 1. The Morgan fingerprint density at radius 2 is 1.63 bits per heavy atom. The average Bonchev–Trinajstić information content (AvgIpc) is 2.82. The lowest BCUT2D eigenvalue weighted by molar-refractivity contribution is -0.250. The fourth-order valence-corrected chi connectivity index (χ4v) is 4.07. The Morgan fingerprint density at radius 3 is 2.09 bits per heavy atom. The van der Waals surface area contributed by atoms with E-state index in [-0.39, 0.29) is 26.9 Å². The Labute approximate surface area is 211 Å². The van der Waals surface area contributed by atoms with Crippen LogP contribution in [0.2, 0.25) is 10.0 Å². The van der Waals surface area contributed by atoms with Gasteiger partial charge in [0.2, 0.25) is 0 Å². The van der Waals surface area contributed by atoms with Gasteiger partial charge in [0.05, 0.1) is 24.8 Å². The molecule has 188 valence electrons. The monoisotopic (exact) mass is 529 g/mol. The number of carbonyl (C=O) groups is 1. The van der Waals surface area contributed by atoms with Crippen molar-refractivity contribution in [1.82, 2.24) is 0 Å². The van der Waals surface area contributed by atoms with E-state index < -0.39 is 29.2 Å². The topological polar surface area (TPSA) is 81.8 Å². The van der Waals surface area contributed by atoms with Gasteiger partial charge in [0.25, 0.3) is 0 Å². The lowest BCUT2D eigenvalue weighted by atomic mass is 9.77. The van der Waals surface area contributed by atoms with Gasteiger partial charge >= 0.3 is 12.1 Å². The molecule has 0 aliphatic rings. The van der Waals surface area contributed by atoms with E-state index in [0.717, 1.165) is 12.2 Å². The fraction of sp³-hybridized carbons (Fsp3) is 0.240. The Bertz CT molecular complexity index is 1180. The van der Waals surface area contributed by atoms with E-state index in [1.54, 1.807) is 6.07 Å². The first-order valence-corrected chi connectivity index (χ1v) is 10.9. The highest BCUT2D eigenvalue weighted by Crippen LogP contribution is 2.48. The predicted octanol–water partition coefficient (Wildman–Crippen LogP) is 6.40. The van der Waals surface area contributed by atoms with Gasteiger partial charge in [-0.15, -0.1) is 0 Å². The first-order chi connectivity index (χ1) is 16.3. The minimum atomic E-state index is -5.10. The molecule has 0 aromatic heterocycles. The van der Waals surface area contributed by atoms with Crippen LogP contribution in [-0.4, -0.2) is 37.1 Å². The molecule has 3 N–H and O–H groups in total. The number of ether oxygens (including phenoxy) is 2. The maximum absolute atomic E-state index is 14.2. The molecule has 2 rings (SSSR count). The van der Waals surface area contributed by atoms with Gasteiger partial charge in [-0.1, -0.05) is 61.0 Å². The Balaban J connectivity index is 2.53. The van der Waals surface area contributed by atoms with Crippen molar-refractivity contribution in [3.8, 4) is 11.1 Å². The van der Waals surface area contributed by atoms with E-state index in [1.807, 2.05) is 0 Å². The minimum absolute atomic E-state index is 0.0208. The SMILES string of the molecule is C=C(/C=C\C(=C/N)[C@@](O)([C@@H](C)c1ccc(-c2ccc(C(=O)OC)c(Cl)c2)cc1Cl)C(F)(F)F)OC. The van der Waals surface area contributed by atoms with Crippen molar-refractivity contribution in [3.05, 3.63) is 93.8 Å². The Kier molecular flexibility index (Phi) is 9.06. The summed E-state index contributed by atoms with van der Waals surface area (Å²) in [5.74, 6) is -2.09. The Hall–Kier alpha value is -2.94. The van der Waals surface area contributed by atoms with Crippen LogP contribution in [-0.2, 0) is 9.47 Å². The van der Waals surface area contributed by atoms with Crippen molar-refractivity contribution < 1.29 is 32.5 Å². The third-order valence-electron chi connectivity index (χ3n) is 5.56. The van der Waals surface area contributed by atoms with Gasteiger partial charge in [-0.05, 0) is 41.0 Å². The third-order valence-corrected chi connectivity index (χ3v) is 6.20. The van der Waals surface area contributed by atoms with E-state index in [2.05, 4.69) is 11.3 Å². The van der Waals surface area contributed by atoms with Crippen LogP contribution in [0.1, 0.15) is 28.8 Å². The van der Waals surface area contributed by atoms with Gasteiger partial charge in [0.15, 0.2) is 5.60 Å². The molecule has 2 aromatic carbocycles. The molecule has 0 fully saturated rings. The van der Waals surface area contributed by atoms with Crippen LogP contribution in [0.15, 0.2) is 72.7 Å². The summed E-state index contributed by atoms with van der Waals surface area (Å²) in [5, 5.41) is 11.1. The maximum Gasteiger partial charge on any atom is 0.422 e. The summed E-state index contributed by atoms with van der Waals surface area (Å²) in [5.41, 5.74) is 2.79. The zero-order valence-electron chi connectivity index (χ0n) is 19.1. The van der Waals surface area contributed by atoms with E-state index >= 15 is 0 Å². The molecule has 2 aromatic rings. The van der Waals surface area contributed by atoms with Crippen molar-refractivity contribution >= 4 is 29.2 Å². The van der Waals surface area contributed by atoms with Gasteiger partial charge in [-0.25, -0.2) is 4.79 Å². The van der Waals surface area contributed by atoms with Crippen LogP contribution in [0, 0.1) is 0 Å². The van der Waals surface area contributed by atoms with Crippen LogP contribution in [0.3, 0.4) is 0 Å². The second-order valence-electron chi connectivity index (χ2n) is 7.53. The molecule has 0 radical (unpaired) electrons. The highest BCUT2D eigenvalue weighted by atomic mass is 35.5. The van der Waals surface area contributed by atoms with E-state index in [4.69, 9.17) is 33.7 Å². The van der Waals surface area contributed by atoms with Crippen LogP contribution >= 0.6 is 23.2 Å². The van der Waals surface area contributed by atoms with Crippen molar-refractivity contribution in [1.29, 1.82) is 0 Å². The van der Waals surface area contributed by atoms with Crippen LogP contribution < -0.4 is 5.73 Å². The number of carbonyl (C=O) groups excluding carboxylic acids is 1. The summed E-state index contributed by atoms with van der Waals surface area (Å²) in [6.07, 6.45) is -2.27. The number of benzene rings is 2. The molecule has 0 aliphatic carbocycles. The molecule has 0 amide bonds. The second-order valence-corrected chi connectivity index (χ2v) is 8.35. The number of rotatable bonds is 8. The molecule has 0 bridgehead atoms. The maximum atomic E-state index is 14.2. The number of hydrogen-bond donors (Lipinski definition) is 2. The summed E-state index contributed by atoms with van der Waals surface area (Å²) >= 11 is 12.5. The minimum Gasteiger partial charge on any atom is -0.497 e. The quantitative estimate of drug-likeness (QED) is 0.235. The van der Waals surface area contributed by atoms with Gasteiger partial charge in [0, 0.05) is 22.7 Å². The van der Waals surface area contributed by atoms with E-state index in [0.29, 0.717) is 17.3 Å². The lowest BCUT2D eigenvalue weighted by Crippen LogP contribution is -2.51. The highest BCUT2D eigenvalue weighted by molar-refractivity contribution is 6.34. The van der Waals surface area contributed by atoms with Crippen LogP contribution in [0.4, 0.5) is 13.2 Å². The van der Waals surface area contributed by atoms with E-state index in [9.17, 15) is 23.1 Å². The number of hydrogen-bond acceptors (Lipinski definition) is 5. The van der Waals surface area contributed by atoms with Crippen molar-refractivity contribution in [2.24, 2.45) is 5.73 Å². The standard InChI is InChI=1S/C25H24Cl2F3NO4/c1-14(34-3)5-8-18(13-31)24(33,25(28,29)30)15(2)19-9-6-16(11-21(19)26)17-7-10-20(22(27)12-17)23(32)35-4/h5-13,15,33H,1,31H2,2-4H3/b8-5-,18-13+/t15-,24-/m0/s1. The molecule has 0 spiro atoms. The summed E-state index contributed by atoms with van der Waals surface area (Å²) in [4.78, 5) is 11.7. The third kappa shape index (κ3) is 5.83. The van der Waals surface area contributed by atoms with Crippen LogP contribution in [0.25, 0.3) is 11.1 Å². The van der Waals surface area contributed by atoms with Crippen molar-refractivity contribution in [2.45, 2.75) is 24.6 Å². The van der Waals surface area contributed by atoms with Crippen LogP contribution in [0.5, 0.6) is 0 Å². The van der Waals surface area contributed by atoms with Crippen molar-refractivity contribution in [2.75, 3.05) is 14.2 Å². The summed E-state index contributed by atoms with van der Waals surface area (Å²) in [7, 11) is 2.53. The first-order valence-electron chi connectivity index (χ1n) is 10.1. The number of alkyl halides is 3. The number of methoxy groups -OCH3 is 2. The average molecular weight is 530 g/mol. The van der Waals surface area contributed by atoms with Gasteiger partial charge in [-0.2, -0.15) is 13.2 Å². The molecule has 2 atom stereocenters. The highest BCUT2D eigenvalue weighted by Gasteiger charge is 2.59. The number of esters is 1.